The molecule has 0 saturated carbocycles. The lowest BCUT2D eigenvalue weighted by Gasteiger charge is -2.16. The molecule has 55 heavy (non-hydrogen) atoms. The predicted molar refractivity (Wildman–Crippen MR) is 228 cm³/mol. The molecule has 12 aromatic rings. The van der Waals surface area contributed by atoms with Gasteiger partial charge < -0.3 is 4.42 Å². The van der Waals surface area contributed by atoms with Crippen molar-refractivity contribution < 1.29 is 4.42 Å². The van der Waals surface area contributed by atoms with E-state index in [2.05, 4.69) is 146 Å². The number of fused-ring (bicyclic) bond motifs is 6. The third kappa shape index (κ3) is 4.49. The van der Waals surface area contributed by atoms with E-state index >= 15 is 0 Å². The first-order chi connectivity index (χ1) is 27.3. The van der Waals surface area contributed by atoms with E-state index in [0.29, 0.717) is 5.82 Å². The fourth-order valence-corrected chi connectivity index (χ4v) is 8.73. The van der Waals surface area contributed by atoms with Gasteiger partial charge in [0, 0.05) is 33.0 Å². The summed E-state index contributed by atoms with van der Waals surface area (Å²) < 4.78 is 6.55. The summed E-state index contributed by atoms with van der Waals surface area (Å²) in [5, 5.41) is 12.6. The highest BCUT2D eigenvalue weighted by atomic mass is 16.3. The predicted octanol–water partition coefficient (Wildman–Crippen LogP) is 13.6. The molecule has 3 heterocycles. The van der Waals surface area contributed by atoms with Crippen LogP contribution in [0.2, 0.25) is 0 Å². The van der Waals surface area contributed by atoms with Gasteiger partial charge in [0.05, 0.1) is 28.0 Å². The molecule has 4 nitrogen and oxygen atoms in total. The van der Waals surface area contributed by atoms with Gasteiger partial charge in [-0.05, 0) is 73.4 Å². The molecule has 0 amide bonds. The fraction of sp³-hybridized carbons (Fsp3) is 0. The van der Waals surface area contributed by atoms with E-state index in [1.165, 1.54) is 26.9 Å². The largest absolute Gasteiger partial charge is 0.455 e. The van der Waals surface area contributed by atoms with Crippen LogP contribution in [-0.2, 0) is 0 Å². The summed E-state index contributed by atoms with van der Waals surface area (Å²) in [6.07, 6.45) is 0. The summed E-state index contributed by atoms with van der Waals surface area (Å²) in [4.78, 5) is 16.0. The Balaban J connectivity index is 1.12. The number of aromatic nitrogens is 3. The highest BCUT2D eigenvalue weighted by Gasteiger charge is 2.21. The van der Waals surface area contributed by atoms with Crippen LogP contribution >= 0.6 is 0 Å². The summed E-state index contributed by atoms with van der Waals surface area (Å²) in [5.74, 6) is 0.699. The second-order valence-electron chi connectivity index (χ2n) is 14.3. The molecule has 0 aliphatic heterocycles. The average molecular weight is 700 g/mol. The Morgan fingerprint density at radius 2 is 0.982 bits per heavy atom. The summed E-state index contributed by atoms with van der Waals surface area (Å²) in [7, 11) is 0. The van der Waals surface area contributed by atoms with Crippen LogP contribution in [0.3, 0.4) is 0 Å². The van der Waals surface area contributed by atoms with Gasteiger partial charge >= 0.3 is 0 Å². The summed E-state index contributed by atoms with van der Waals surface area (Å²) in [6.45, 7) is 0. The van der Waals surface area contributed by atoms with E-state index in [1.54, 1.807) is 0 Å². The van der Waals surface area contributed by atoms with Gasteiger partial charge in [-0.3, -0.25) is 0 Å². The van der Waals surface area contributed by atoms with Gasteiger partial charge in [-0.15, -0.1) is 0 Å². The Labute approximate surface area is 315 Å². The van der Waals surface area contributed by atoms with E-state index in [9.17, 15) is 0 Å². The molecule has 0 saturated heterocycles. The van der Waals surface area contributed by atoms with Crippen molar-refractivity contribution in [3.8, 4) is 45.2 Å². The molecule has 0 fully saturated rings. The number of furan rings is 1. The molecule has 0 atom stereocenters. The highest BCUT2D eigenvalue weighted by molar-refractivity contribution is 6.25. The zero-order valence-corrected chi connectivity index (χ0v) is 29.5. The summed E-state index contributed by atoms with van der Waals surface area (Å²) in [5.41, 5.74) is 9.40. The molecule has 3 aromatic heterocycles. The molecule has 9 aromatic carbocycles. The second-order valence-corrected chi connectivity index (χ2v) is 14.3. The minimum atomic E-state index is 0.699. The fourth-order valence-electron chi connectivity index (χ4n) is 8.73. The molecular formula is C51H29N3O. The minimum Gasteiger partial charge on any atom is -0.455 e. The van der Waals surface area contributed by atoms with Crippen molar-refractivity contribution >= 4 is 75.9 Å². The Bertz CT molecular complexity index is 3480. The maximum absolute atomic E-state index is 6.55. The van der Waals surface area contributed by atoms with Gasteiger partial charge in [0.1, 0.15) is 11.2 Å². The highest BCUT2D eigenvalue weighted by Crippen LogP contribution is 2.44. The Morgan fingerprint density at radius 3 is 1.82 bits per heavy atom. The molecule has 0 radical (unpaired) electrons. The van der Waals surface area contributed by atoms with Crippen LogP contribution in [0.25, 0.3) is 121 Å². The van der Waals surface area contributed by atoms with E-state index in [4.69, 9.17) is 19.4 Å². The van der Waals surface area contributed by atoms with Crippen molar-refractivity contribution in [2.45, 2.75) is 0 Å². The van der Waals surface area contributed by atoms with E-state index in [0.717, 1.165) is 88.3 Å². The summed E-state index contributed by atoms with van der Waals surface area (Å²) in [6, 6.07) is 61.8. The first kappa shape index (κ1) is 30.1. The van der Waals surface area contributed by atoms with Crippen LogP contribution in [0, 0.1) is 0 Å². The Morgan fingerprint density at radius 1 is 0.364 bits per heavy atom. The third-order valence-electron chi connectivity index (χ3n) is 11.2. The lowest BCUT2D eigenvalue weighted by Crippen LogP contribution is -1.98. The first-order valence-electron chi connectivity index (χ1n) is 18.6. The lowest BCUT2D eigenvalue weighted by atomic mass is 9.91. The zero-order valence-electron chi connectivity index (χ0n) is 29.5. The quantitative estimate of drug-likeness (QED) is 0.172. The van der Waals surface area contributed by atoms with Gasteiger partial charge in [-0.2, -0.15) is 0 Å². The zero-order chi connectivity index (χ0) is 36.0. The monoisotopic (exact) mass is 699 g/mol. The van der Waals surface area contributed by atoms with Crippen molar-refractivity contribution in [3.05, 3.63) is 176 Å². The van der Waals surface area contributed by atoms with Crippen LogP contribution < -0.4 is 0 Å². The Kier molecular flexibility index (Phi) is 6.31. The molecule has 0 aliphatic rings. The van der Waals surface area contributed by atoms with Crippen LogP contribution in [0.5, 0.6) is 0 Å². The molecule has 254 valence electrons. The standard InChI is InChI=1S/C51H29N3O/c1-2-11-30(12-3-1)43-29-44(54-51(53-43)39-26-24-33-22-21-31-13-10-14-32-23-25-37(39)47(33)46(31)32)36-27-28-38(35-16-5-4-15-34(35)36)49-48-41-18-7-9-20-45(41)55-50(48)40-17-6-8-19-42(40)52-49/h1-29H. The maximum Gasteiger partial charge on any atom is 0.161 e. The van der Waals surface area contributed by atoms with Gasteiger partial charge in [0.2, 0.25) is 0 Å². The van der Waals surface area contributed by atoms with Crippen molar-refractivity contribution in [2.75, 3.05) is 0 Å². The molecule has 0 aliphatic carbocycles. The maximum atomic E-state index is 6.55. The number of hydrogen-bond donors (Lipinski definition) is 0. The number of para-hydroxylation sites is 2. The average Bonchev–Trinajstić information content (AvgIpc) is 3.65. The minimum absolute atomic E-state index is 0.699. The topological polar surface area (TPSA) is 51.8 Å². The van der Waals surface area contributed by atoms with Crippen molar-refractivity contribution in [1.29, 1.82) is 0 Å². The molecule has 4 heteroatoms. The molecule has 0 bridgehead atoms. The number of nitrogens with zero attached hydrogens (tertiary/aromatic N) is 3. The van der Waals surface area contributed by atoms with E-state index in [1.807, 2.05) is 30.3 Å². The number of hydrogen-bond acceptors (Lipinski definition) is 4. The molecule has 12 rings (SSSR count). The van der Waals surface area contributed by atoms with Crippen molar-refractivity contribution in [1.82, 2.24) is 15.0 Å². The second kappa shape index (κ2) is 11.5. The van der Waals surface area contributed by atoms with Crippen LogP contribution in [0.4, 0.5) is 0 Å². The summed E-state index contributed by atoms with van der Waals surface area (Å²) >= 11 is 0. The van der Waals surface area contributed by atoms with Crippen molar-refractivity contribution in [2.24, 2.45) is 0 Å². The van der Waals surface area contributed by atoms with E-state index < -0.39 is 0 Å². The number of pyridine rings is 1. The SMILES string of the molecule is c1ccc(-c2cc(-c3ccc(-c4nc5ccccc5c5oc6ccccc6c45)c4ccccc34)nc(-c3ccc4ccc5cccc6ccc3c4c56)n2)cc1. The van der Waals surface area contributed by atoms with E-state index in [-0.39, 0.29) is 0 Å². The number of benzene rings is 9. The van der Waals surface area contributed by atoms with Crippen LogP contribution in [-0.4, -0.2) is 15.0 Å². The van der Waals surface area contributed by atoms with Crippen LogP contribution in [0.1, 0.15) is 0 Å². The van der Waals surface area contributed by atoms with Crippen LogP contribution in [0.15, 0.2) is 180 Å². The Hall–Kier alpha value is -7.43. The molecule has 0 spiro atoms. The molecular weight excluding hydrogens is 671 g/mol. The van der Waals surface area contributed by atoms with Crippen molar-refractivity contribution in [3.63, 3.8) is 0 Å². The van der Waals surface area contributed by atoms with Gasteiger partial charge in [-0.1, -0.05) is 146 Å². The molecule has 0 N–H and O–H groups in total. The third-order valence-corrected chi connectivity index (χ3v) is 11.2. The molecule has 0 unspecified atom stereocenters. The smallest absolute Gasteiger partial charge is 0.161 e. The lowest BCUT2D eigenvalue weighted by molar-refractivity contribution is 0.672. The van der Waals surface area contributed by atoms with Gasteiger partial charge in [-0.25, -0.2) is 15.0 Å². The number of rotatable bonds is 4. The normalized spacial score (nSPS) is 12.0. The van der Waals surface area contributed by atoms with Gasteiger partial charge in [0.25, 0.3) is 0 Å². The first-order valence-corrected chi connectivity index (χ1v) is 18.6. The van der Waals surface area contributed by atoms with Gasteiger partial charge in [0.15, 0.2) is 5.82 Å².